The third-order valence-electron chi connectivity index (χ3n) is 5.50. The highest BCUT2D eigenvalue weighted by atomic mass is 15.2. The molecule has 1 N–H and O–H groups in total. The summed E-state index contributed by atoms with van der Waals surface area (Å²) in [7, 11) is 0. The Kier molecular flexibility index (Phi) is 3.72. The van der Waals surface area contributed by atoms with E-state index < -0.39 is 0 Å². The Balaban J connectivity index is 1.58. The maximum Gasteiger partial charge on any atom is 0.0226 e. The Morgan fingerprint density at radius 2 is 2.00 bits per heavy atom. The average Bonchev–Trinajstić information content (AvgIpc) is 2.85. The molecular formula is C15H28N2. The highest BCUT2D eigenvalue weighted by Gasteiger charge is 2.39. The lowest BCUT2D eigenvalue weighted by atomic mass is 9.93. The third kappa shape index (κ3) is 2.53. The van der Waals surface area contributed by atoms with Gasteiger partial charge in [-0.3, -0.25) is 4.90 Å². The summed E-state index contributed by atoms with van der Waals surface area (Å²) < 4.78 is 0. The standard InChI is InChI=1S/C15H28N2/c1-12-6-3-2-4-9-17(12)11-15-14-8-5-7-13(14)10-16-15/h12-16H,2-11H2,1H3. The SMILES string of the molecule is CC1CCCCCN1CC1NCC2CCCC21. The van der Waals surface area contributed by atoms with Crippen LogP contribution in [0.25, 0.3) is 0 Å². The summed E-state index contributed by atoms with van der Waals surface area (Å²) in [4.78, 5) is 2.77. The average molecular weight is 236 g/mol. The van der Waals surface area contributed by atoms with Crippen molar-refractivity contribution < 1.29 is 0 Å². The first kappa shape index (κ1) is 12.0. The van der Waals surface area contributed by atoms with Gasteiger partial charge in [0.15, 0.2) is 0 Å². The molecule has 0 aromatic heterocycles. The molecule has 0 radical (unpaired) electrons. The molecule has 4 atom stereocenters. The van der Waals surface area contributed by atoms with E-state index in [1.165, 1.54) is 64.6 Å². The van der Waals surface area contributed by atoms with Gasteiger partial charge in [-0.05, 0) is 57.5 Å². The Morgan fingerprint density at radius 1 is 1.06 bits per heavy atom. The van der Waals surface area contributed by atoms with Gasteiger partial charge in [-0.25, -0.2) is 0 Å². The molecule has 2 aliphatic heterocycles. The van der Waals surface area contributed by atoms with Gasteiger partial charge in [-0.15, -0.1) is 0 Å². The predicted octanol–water partition coefficient (Wildman–Crippen LogP) is 2.64. The molecule has 4 unspecified atom stereocenters. The van der Waals surface area contributed by atoms with Gasteiger partial charge >= 0.3 is 0 Å². The minimum absolute atomic E-state index is 0.808. The van der Waals surface area contributed by atoms with Crippen molar-refractivity contribution in [1.29, 1.82) is 0 Å². The van der Waals surface area contributed by atoms with E-state index in [9.17, 15) is 0 Å². The number of hydrogen-bond donors (Lipinski definition) is 1. The van der Waals surface area contributed by atoms with Crippen molar-refractivity contribution in [2.75, 3.05) is 19.6 Å². The van der Waals surface area contributed by atoms with Crippen molar-refractivity contribution in [2.45, 2.75) is 64.0 Å². The van der Waals surface area contributed by atoms with Crippen molar-refractivity contribution in [1.82, 2.24) is 10.2 Å². The summed E-state index contributed by atoms with van der Waals surface area (Å²) in [6.45, 7) is 6.41. The molecule has 98 valence electrons. The second-order valence-electron chi connectivity index (χ2n) is 6.56. The van der Waals surface area contributed by atoms with Gasteiger partial charge in [0.1, 0.15) is 0 Å². The number of nitrogens with one attached hydrogen (secondary N) is 1. The van der Waals surface area contributed by atoms with Crippen LogP contribution in [0.4, 0.5) is 0 Å². The molecule has 3 fully saturated rings. The monoisotopic (exact) mass is 236 g/mol. The van der Waals surface area contributed by atoms with E-state index in [1.807, 2.05) is 0 Å². The summed E-state index contributed by atoms with van der Waals surface area (Å²) in [5.41, 5.74) is 0. The number of rotatable bonds is 2. The van der Waals surface area contributed by atoms with Crippen molar-refractivity contribution in [2.24, 2.45) is 11.8 Å². The maximum absolute atomic E-state index is 3.81. The Labute approximate surface area is 106 Å². The summed E-state index contributed by atoms with van der Waals surface area (Å²) >= 11 is 0. The lowest BCUT2D eigenvalue weighted by Gasteiger charge is -2.31. The number of nitrogens with zero attached hydrogens (tertiary/aromatic N) is 1. The summed E-state index contributed by atoms with van der Waals surface area (Å²) in [5, 5.41) is 3.81. The zero-order valence-corrected chi connectivity index (χ0v) is 11.3. The van der Waals surface area contributed by atoms with E-state index >= 15 is 0 Å². The fourth-order valence-electron chi connectivity index (χ4n) is 4.36. The van der Waals surface area contributed by atoms with E-state index in [0.717, 1.165) is 23.9 Å². The van der Waals surface area contributed by atoms with Gasteiger partial charge in [-0.2, -0.15) is 0 Å². The van der Waals surface area contributed by atoms with Gasteiger partial charge in [-0.1, -0.05) is 19.3 Å². The molecule has 2 saturated heterocycles. The predicted molar refractivity (Wildman–Crippen MR) is 72.1 cm³/mol. The molecule has 3 rings (SSSR count). The Bertz CT molecular complexity index is 253. The smallest absolute Gasteiger partial charge is 0.0226 e. The fourth-order valence-corrected chi connectivity index (χ4v) is 4.36. The van der Waals surface area contributed by atoms with Gasteiger partial charge in [0.25, 0.3) is 0 Å². The molecule has 3 aliphatic rings. The largest absolute Gasteiger partial charge is 0.312 e. The summed E-state index contributed by atoms with van der Waals surface area (Å²) in [6.07, 6.45) is 10.2. The van der Waals surface area contributed by atoms with Crippen LogP contribution in [0, 0.1) is 11.8 Å². The first-order valence-corrected chi connectivity index (χ1v) is 7.82. The maximum atomic E-state index is 3.81. The molecule has 0 aromatic rings. The van der Waals surface area contributed by atoms with Crippen LogP contribution >= 0.6 is 0 Å². The molecule has 2 heterocycles. The van der Waals surface area contributed by atoms with Gasteiger partial charge < -0.3 is 5.32 Å². The lowest BCUT2D eigenvalue weighted by molar-refractivity contribution is 0.179. The highest BCUT2D eigenvalue weighted by Crippen LogP contribution is 2.38. The van der Waals surface area contributed by atoms with Crippen LogP contribution in [-0.2, 0) is 0 Å². The molecule has 2 heteroatoms. The van der Waals surface area contributed by atoms with Crippen LogP contribution in [0.15, 0.2) is 0 Å². The van der Waals surface area contributed by atoms with Crippen molar-refractivity contribution in [3.05, 3.63) is 0 Å². The van der Waals surface area contributed by atoms with Crippen LogP contribution in [0.5, 0.6) is 0 Å². The highest BCUT2D eigenvalue weighted by molar-refractivity contribution is 4.96. The Hall–Kier alpha value is -0.0800. The van der Waals surface area contributed by atoms with E-state index in [2.05, 4.69) is 17.1 Å². The number of hydrogen-bond acceptors (Lipinski definition) is 2. The summed E-state index contributed by atoms with van der Waals surface area (Å²) in [6, 6.07) is 1.63. The molecule has 2 nitrogen and oxygen atoms in total. The van der Waals surface area contributed by atoms with Crippen LogP contribution in [-0.4, -0.2) is 36.6 Å². The zero-order valence-electron chi connectivity index (χ0n) is 11.3. The fraction of sp³-hybridized carbons (Fsp3) is 1.00. The lowest BCUT2D eigenvalue weighted by Crippen LogP contribution is -2.44. The summed E-state index contributed by atoms with van der Waals surface area (Å²) in [5.74, 6) is 2.02. The van der Waals surface area contributed by atoms with Crippen LogP contribution in [0.3, 0.4) is 0 Å². The van der Waals surface area contributed by atoms with Crippen LogP contribution in [0.1, 0.15) is 51.9 Å². The van der Waals surface area contributed by atoms with Crippen molar-refractivity contribution in [3.8, 4) is 0 Å². The van der Waals surface area contributed by atoms with Crippen LogP contribution < -0.4 is 5.32 Å². The minimum atomic E-state index is 0.808. The molecule has 1 aliphatic carbocycles. The van der Waals surface area contributed by atoms with E-state index in [-0.39, 0.29) is 0 Å². The van der Waals surface area contributed by atoms with E-state index in [4.69, 9.17) is 0 Å². The second kappa shape index (κ2) is 5.27. The minimum Gasteiger partial charge on any atom is -0.312 e. The molecule has 1 saturated carbocycles. The topological polar surface area (TPSA) is 15.3 Å². The van der Waals surface area contributed by atoms with Gasteiger partial charge in [0, 0.05) is 18.6 Å². The second-order valence-corrected chi connectivity index (χ2v) is 6.56. The number of likely N-dealkylation sites (tertiary alicyclic amines) is 1. The van der Waals surface area contributed by atoms with E-state index in [0.29, 0.717) is 0 Å². The molecule has 0 amide bonds. The number of fused-ring (bicyclic) bond motifs is 1. The van der Waals surface area contributed by atoms with Gasteiger partial charge in [0.05, 0.1) is 0 Å². The molecule has 17 heavy (non-hydrogen) atoms. The quantitative estimate of drug-likeness (QED) is 0.793. The van der Waals surface area contributed by atoms with Crippen molar-refractivity contribution in [3.63, 3.8) is 0 Å². The van der Waals surface area contributed by atoms with Gasteiger partial charge in [0.2, 0.25) is 0 Å². The molecule has 0 bridgehead atoms. The van der Waals surface area contributed by atoms with Crippen LogP contribution in [0.2, 0.25) is 0 Å². The van der Waals surface area contributed by atoms with E-state index in [1.54, 1.807) is 0 Å². The third-order valence-corrected chi connectivity index (χ3v) is 5.50. The zero-order chi connectivity index (χ0) is 11.7. The normalized spacial score (nSPS) is 43.6. The first-order chi connectivity index (χ1) is 8.34. The molecular weight excluding hydrogens is 208 g/mol. The molecule has 0 spiro atoms. The molecule has 0 aromatic carbocycles. The van der Waals surface area contributed by atoms with Crippen molar-refractivity contribution >= 4 is 0 Å². The first-order valence-electron chi connectivity index (χ1n) is 7.82. The Morgan fingerprint density at radius 3 is 2.94 bits per heavy atom.